The molecule has 0 aromatic heterocycles. The van der Waals surface area contributed by atoms with Crippen molar-refractivity contribution in [2.24, 2.45) is 0 Å². The van der Waals surface area contributed by atoms with Gasteiger partial charge in [0.15, 0.2) is 0 Å². The summed E-state index contributed by atoms with van der Waals surface area (Å²) in [6.07, 6.45) is 6.87. The third kappa shape index (κ3) is 7.67. The summed E-state index contributed by atoms with van der Waals surface area (Å²) in [6, 6.07) is 31.8. The Hall–Kier alpha value is -2.43. The van der Waals surface area contributed by atoms with Gasteiger partial charge in [0.25, 0.3) is 0 Å². The Morgan fingerprint density at radius 2 is 1.04 bits per heavy atom. The van der Waals surface area contributed by atoms with E-state index in [4.69, 9.17) is 0 Å². The van der Waals surface area contributed by atoms with Gasteiger partial charge in [0.05, 0.1) is 0 Å². The highest BCUT2D eigenvalue weighted by atomic mass is 31.1. The van der Waals surface area contributed by atoms with Gasteiger partial charge < -0.3 is 0 Å². The Kier molecular flexibility index (Phi) is 10.0. The Labute approximate surface area is 172 Å². The molecule has 0 nitrogen and oxygen atoms in total. The molecule has 0 fully saturated rings. The molecule has 0 spiro atoms. The van der Waals surface area contributed by atoms with Crippen molar-refractivity contribution in [1.82, 2.24) is 0 Å². The SMILES string of the molecule is CC.CC1=CC=C(c2ccccc2)CC1.c1ccc(Pc2ccccc2)cc1. The van der Waals surface area contributed by atoms with Gasteiger partial charge in [-0.25, -0.2) is 0 Å². The van der Waals surface area contributed by atoms with Gasteiger partial charge in [-0.2, -0.15) is 0 Å². The van der Waals surface area contributed by atoms with E-state index in [1.54, 1.807) is 0 Å². The number of rotatable bonds is 3. The Bertz CT molecular complexity index is 809. The summed E-state index contributed by atoms with van der Waals surface area (Å²) in [7, 11) is 0.777. The lowest BCUT2D eigenvalue weighted by Gasteiger charge is -2.11. The normalized spacial score (nSPS) is 12.4. The zero-order chi connectivity index (χ0) is 20.0. The molecular formula is C27H31P. The monoisotopic (exact) mass is 386 g/mol. The van der Waals surface area contributed by atoms with Gasteiger partial charge >= 0.3 is 0 Å². The van der Waals surface area contributed by atoms with Crippen LogP contribution in [-0.4, -0.2) is 0 Å². The molecule has 1 heteroatoms. The van der Waals surface area contributed by atoms with Crippen molar-refractivity contribution in [2.45, 2.75) is 33.6 Å². The molecule has 0 radical (unpaired) electrons. The van der Waals surface area contributed by atoms with E-state index in [0.717, 1.165) is 8.58 Å². The maximum atomic E-state index is 2.24. The molecule has 3 aromatic rings. The van der Waals surface area contributed by atoms with Crippen LogP contribution in [0.5, 0.6) is 0 Å². The average molecular weight is 387 g/mol. The van der Waals surface area contributed by atoms with E-state index in [-0.39, 0.29) is 0 Å². The van der Waals surface area contributed by atoms with Crippen LogP contribution in [0.4, 0.5) is 0 Å². The Balaban J connectivity index is 0.000000184. The summed E-state index contributed by atoms with van der Waals surface area (Å²) < 4.78 is 0. The van der Waals surface area contributed by atoms with E-state index in [2.05, 4.69) is 110 Å². The molecule has 0 saturated heterocycles. The fourth-order valence-corrected chi connectivity index (χ4v) is 3.90. The van der Waals surface area contributed by atoms with E-state index in [9.17, 15) is 0 Å². The zero-order valence-corrected chi connectivity index (χ0v) is 18.2. The zero-order valence-electron chi connectivity index (χ0n) is 17.2. The summed E-state index contributed by atoms with van der Waals surface area (Å²) in [6.45, 7) is 6.19. The standard InChI is InChI=1S/C13H14.C12H11P.C2H6/c1-11-7-9-13(10-8-11)12-5-3-2-4-6-12;1-3-7-11(8-4-1)13-12-9-5-2-6-10-12;1-2/h2-7,9H,8,10H2,1H3;1-10,13H;1-2H3. The van der Waals surface area contributed by atoms with Gasteiger partial charge in [0.2, 0.25) is 0 Å². The topological polar surface area (TPSA) is 0 Å². The Morgan fingerprint density at radius 3 is 1.46 bits per heavy atom. The third-order valence-electron chi connectivity index (χ3n) is 4.34. The number of hydrogen-bond donors (Lipinski definition) is 0. The Morgan fingerprint density at radius 1 is 0.571 bits per heavy atom. The molecule has 144 valence electrons. The maximum absolute atomic E-state index is 2.24. The first-order valence-corrected chi connectivity index (χ1v) is 11.1. The van der Waals surface area contributed by atoms with Crippen LogP contribution in [0.1, 0.15) is 39.2 Å². The van der Waals surface area contributed by atoms with Crippen LogP contribution in [0.15, 0.2) is 109 Å². The molecule has 1 aliphatic rings. The van der Waals surface area contributed by atoms with Crippen LogP contribution < -0.4 is 10.6 Å². The van der Waals surface area contributed by atoms with E-state index in [1.807, 2.05) is 13.8 Å². The number of hydrogen-bond acceptors (Lipinski definition) is 0. The van der Waals surface area contributed by atoms with Gasteiger partial charge in [-0.1, -0.05) is 131 Å². The van der Waals surface area contributed by atoms with Crippen LogP contribution in [0.3, 0.4) is 0 Å². The minimum atomic E-state index is 0.777. The molecule has 0 aliphatic heterocycles. The van der Waals surface area contributed by atoms with Gasteiger partial charge in [-0.05, 0) is 41.5 Å². The van der Waals surface area contributed by atoms with Gasteiger partial charge in [-0.3, -0.25) is 0 Å². The van der Waals surface area contributed by atoms with Crippen LogP contribution in [0.2, 0.25) is 0 Å². The second-order valence-electron chi connectivity index (χ2n) is 6.43. The maximum Gasteiger partial charge on any atom is -0.0224 e. The third-order valence-corrected chi connectivity index (χ3v) is 5.58. The van der Waals surface area contributed by atoms with Gasteiger partial charge in [-0.15, -0.1) is 0 Å². The van der Waals surface area contributed by atoms with Gasteiger partial charge in [0.1, 0.15) is 0 Å². The van der Waals surface area contributed by atoms with Crippen molar-refractivity contribution in [3.63, 3.8) is 0 Å². The lowest BCUT2D eigenvalue weighted by molar-refractivity contribution is 0.977. The summed E-state index contributed by atoms with van der Waals surface area (Å²) >= 11 is 0. The van der Waals surface area contributed by atoms with E-state index in [1.165, 1.54) is 40.2 Å². The highest BCUT2D eigenvalue weighted by molar-refractivity contribution is 7.55. The minimum absolute atomic E-state index is 0.777. The first-order chi connectivity index (χ1) is 13.8. The van der Waals surface area contributed by atoms with Crippen LogP contribution >= 0.6 is 8.58 Å². The molecular weight excluding hydrogens is 355 g/mol. The highest BCUT2D eigenvalue weighted by Crippen LogP contribution is 2.25. The molecule has 0 saturated carbocycles. The molecule has 1 aliphatic carbocycles. The predicted octanol–water partition coefficient (Wildman–Crippen LogP) is 7.15. The van der Waals surface area contributed by atoms with Crippen LogP contribution in [-0.2, 0) is 0 Å². The van der Waals surface area contributed by atoms with E-state index >= 15 is 0 Å². The summed E-state index contributed by atoms with van der Waals surface area (Å²) in [4.78, 5) is 0. The van der Waals surface area contributed by atoms with Gasteiger partial charge in [0, 0.05) is 0 Å². The number of allylic oxidation sites excluding steroid dienone is 4. The summed E-state index contributed by atoms with van der Waals surface area (Å²) in [5, 5.41) is 2.79. The lowest BCUT2D eigenvalue weighted by atomic mass is 9.94. The molecule has 0 unspecified atom stereocenters. The van der Waals surface area contributed by atoms with Crippen molar-refractivity contribution in [2.75, 3.05) is 0 Å². The fourth-order valence-electron chi connectivity index (χ4n) is 2.84. The predicted molar refractivity (Wildman–Crippen MR) is 129 cm³/mol. The van der Waals surface area contributed by atoms with Crippen molar-refractivity contribution < 1.29 is 0 Å². The number of benzene rings is 3. The van der Waals surface area contributed by atoms with Crippen LogP contribution in [0.25, 0.3) is 5.57 Å². The molecule has 0 N–H and O–H groups in total. The second-order valence-corrected chi connectivity index (χ2v) is 7.83. The van der Waals surface area contributed by atoms with E-state index < -0.39 is 0 Å². The highest BCUT2D eigenvalue weighted by Gasteiger charge is 2.04. The molecule has 0 bridgehead atoms. The molecule has 0 amide bonds. The molecule has 4 rings (SSSR count). The quantitative estimate of drug-likeness (QED) is 0.419. The van der Waals surface area contributed by atoms with Crippen molar-refractivity contribution >= 4 is 24.8 Å². The largest absolute Gasteiger partial charge is 0.0730 e. The lowest BCUT2D eigenvalue weighted by Crippen LogP contribution is -2.01. The van der Waals surface area contributed by atoms with Crippen molar-refractivity contribution in [3.8, 4) is 0 Å². The van der Waals surface area contributed by atoms with Crippen molar-refractivity contribution in [3.05, 3.63) is 114 Å². The fraction of sp³-hybridized carbons (Fsp3) is 0.185. The second kappa shape index (κ2) is 12.9. The first-order valence-electron chi connectivity index (χ1n) is 10.1. The van der Waals surface area contributed by atoms with Crippen molar-refractivity contribution in [1.29, 1.82) is 0 Å². The molecule has 0 atom stereocenters. The molecule has 3 aromatic carbocycles. The smallest absolute Gasteiger partial charge is 0.0224 e. The average Bonchev–Trinajstić information content (AvgIpc) is 2.78. The van der Waals surface area contributed by atoms with E-state index in [0.29, 0.717) is 0 Å². The summed E-state index contributed by atoms with van der Waals surface area (Å²) in [5.74, 6) is 0. The van der Waals surface area contributed by atoms with Crippen LogP contribution in [0, 0.1) is 0 Å². The summed E-state index contributed by atoms with van der Waals surface area (Å²) in [5.41, 5.74) is 4.32. The molecule has 28 heavy (non-hydrogen) atoms. The minimum Gasteiger partial charge on any atom is -0.0730 e. The molecule has 0 heterocycles. The first kappa shape index (κ1) is 21.9.